The molecule has 4 rings (SSSR count). The van der Waals surface area contributed by atoms with Crippen LogP contribution in [0, 0.1) is 0 Å². The molecule has 14 heteroatoms. The largest absolute Gasteiger partial charge is 0.482 e. The second-order valence-corrected chi connectivity index (χ2v) is 7.76. The van der Waals surface area contributed by atoms with Gasteiger partial charge in [0, 0.05) is 13.1 Å². The van der Waals surface area contributed by atoms with Crippen LogP contribution in [0.3, 0.4) is 0 Å². The van der Waals surface area contributed by atoms with Gasteiger partial charge in [0.1, 0.15) is 5.75 Å². The molecular formula is C22H18ClF3N6O4. The first-order chi connectivity index (χ1) is 17.2. The number of hydrogen-bond donors (Lipinski definition) is 2. The van der Waals surface area contributed by atoms with Crippen molar-refractivity contribution in [3.05, 3.63) is 71.1 Å². The summed E-state index contributed by atoms with van der Waals surface area (Å²) < 4.78 is 51.4. The molecule has 0 aliphatic heterocycles. The lowest BCUT2D eigenvalue weighted by atomic mass is 10.3. The lowest BCUT2D eigenvalue weighted by molar-refractivity contribution is -0.146. The molecule has 0 spiro atoms. The third-order valence-corrected chi connectivity index (χ3v) is 5.11. The second kappa shape index (κ2) is 10.6. The van der Waals surface area contributed by atoms with Gasteiger partial charge in [-0.1, -0.05) is 41.0 Å². The van der Waals surface area contributed by atoms with Crippen molar-refractivity contribution >= 4 is 34.4 Å². The Bertz CT molecular complexity index is 1390. The van der Waals surface area contributed by atoms with E-state index in [1.165, 1.54) is 12.1 Å². The maximum Gasteiger partial charge on any atom is 0.449 e. The Morgan fingerprint density at radius 3 is 2.53 bits per heavy atom. The molecule has 2 heterocycles. The van der Waals surface area contributed by atoms with Crippen molar-refractivity contribution in [2.24, 2.45) is 0 Å². The quantitative estimate of drug-likeness (QED) is 0.324. The molecule has 10 nitrogen and oxygen atoms in total. The van der Waals surface area contributed by atoms with Gasteiger partial charge in [0.15, 0.2) is 12.4 Å². The molecule has 36 heavy (non-hydrogen) atoms. The van der Waals surface area contributed by atoms with Crippen molar-refractivity contribution in [3.8, 4) is 5.75 Å². The van der Waals surface area contributed by atoms with E-state index in [1.54, 1.807) is 36.4 Å². The molecule has 0 atom stereocenters. The van der Waals surface area contributed by atoms with Gasteiger partial charge < -0.3 is 24.5 Å². The summed E-state index contributed by atoms with van der Waals surface area (Å²) in [5.41, 5.74) is 0.389. The lowest BCUT2D eigenvalue weighted by Crippen LogP contribution is -2.36. The molecule has 2 amide bonds. The average molecular weight is 523 g/mol. The highest BCUT2D eigenvalue weighted by Gasteiger charge is 2.38. The van der Waals surface area contributed by atoms with Crippen LogP contribution < -0.4 is 15.4 Å². The number of rotatable bonds is 9. The number of alkyl halides is 3. The molecule has 2 N–H and O–H groups in total. The molecule has 0 radical (unpaired) electrons. The number of ether oxygens (including phenoxy) is 1. The van der Waals surface area contributed by atoms with E-state index in [-0.39, 0.29) is 36.6 Å². The number of nitrogens with zero attached hydrogens (tertiary/aromatic N) is 4. The van der Waals surface area contributed by atoms with Gasteiger partial charge in [0.2, 0.25) is 5.82 Å². The van der Waals surface area contributed by atoms with Crippen molar-refractivity contribution in [2.75, 3.05) is 19.7 Å². The van der Waals surface area contributed by atoms with Gasteiger partial charge in [-0.3, -0.25) is 9.59 Å². The Morgan fingerprint density at radius 2 is 1.75 bits per heavy atom. The smallest absolute Gasteiger partial charge is 0.449 e. The number of carbonyl (C=O) groups excluding carboxylic acids is 2. The first-order valence-electron chi connectivity index (χ1n) is 10.5. The molecule has 0 unspecified atom stereocenters. The van der Waals surface area contributed by atoms with E-state index in [2.05, 4.69) is 25.8 Å². The zero-order valence-electron chi connectivity index (χ0n) is 18.4. The van der Waals surface area contributed by atoms with Crippen molar-refractivity contribution in [3.63, 3.8) is 0 Å². The number of hydrogen-bond acceptors (Lipinski definition) is 7. The minimum Gasteiger partial charge on any atom is -0.482 e. The van der Waals surface area contributed by atoms with E-state index in [0.717, 1.165) is 4.57 Å². The van der Waals surface area contributed by atoms with Crippen LogP contribution in [0.5, 0.6) is 5.75 Å². The van der Waals surface area contributed by atoms with Crippen LogP contribution in [0.25, 0.3) is 11.0 Å². The number of nitrogens with one attached hydrogen (secondary N) is 2. The molecule has 0 bridgehead atoms. The number of para-hydroxylation sites is 3. The summed E-state index contributed by atoms with van der Waals surface area (Å²) in [6.07, 6.45) is -4.70. The molecule has 188 valence electrons. The van der Waals surface area contributed by atoms with Crippen LogP contribution in [-0.4, -0.2) is 51.2 Å². The summed E-state index contributed by atoms with van der Waals surface area (Å²) in [6.45, 7) is -0.576. The lowest BCUT2D eigenvalue weighted by Gasteiger charge is -2.09. The number of carbonyl (C=O) groups is 2. The van der Waals surface area contributed by atoms with Gasteiger partial charge in [-0.2, -0.15) is 18.2 Å². The van der Waals surface area contributed by atoms with Crippen LogP contribution in [-0.2, 0) is 17.5 Å². The average Bonchev–Trinajstić information content (AvgIpc) is 3.47. The summed E-state index contributed by atoms with van der Waals surface area (Å²) >= 11 is 5.94. The van der Waals surface area contributed by atoms with E-state index in [9.17, 15) is 22.8 Å². The first-order valence-corrected chi connectivity index (χ1v) is 10.9. The molecule has 0 fully saturated rings. The predicted molar refractivity (Wildman–Crippen MR) is 120 cm³/mol. The minimum atomic E-state index is -4.70. The van der Waals surface area contributed by atoms with E-state index in [1.807, 2.05) is 0 Å². The molecule has 4 aromatic rings. The molecule has 0 saturated heterocycles. The Hall–Kier alpha value is -4.13. The molecule has 0 saturated carbocycles. The molecule has 0 aliphatic carbocycles. The van der Waals surface area contributed by atoms with Gasteiger partial charge in [-0.25, -0.2) is 4.98 Å². The molecule has 2 aromatic heterocycles. The summed E-state index contributed by atoms with van der Waals surface area (Å²) in [4.78, 5) is 31.6. The molecular weight excluding hydrogens is 505 g/mol. The van der Waals surface area contributed by atoms with Crippen molar-refractivity contribution < 1.29 is 32.0 Å². The Balaban J connectivity index is 1.28. The third-order valence-electron chi connectivity index (χ3n) is 4.80. The number of benzene rings is 2. The van der Waals surface area contributed by atoms with Crippen molar-refractivity contribution in [1.82, 2.24) is 30.3 Å². The van der Waals surface area contributed by atoms with Gasteiger partial charge in [-0.15, -0.1) is 0 Å². The normalized spacial score (nSPS) is 11.4. The van der Waals surface area contributed by atoms with Crippen molar-refractivity contribution in [1.29, 1.82) is 0 Å². The second-order valence-electron chi connectivity index (χ2n) is 7.35. The predicted octanol–water partition coefficient (Wildman–Crippen LogP) is 3.06. The summed E-state index contributed by atoms with van der Waals surface area (Å²) in [5, 5.41) is 8.98. The zero-order valence-corrected chi connectivity index (χ0v) is 19.1. The fourth-order valence-electron chi connectivity index (χ4n) is 3.21. The standard InChI is InChI=1S/C22H18ClF3N6O4/c23-13-5-1-4-8-16(13)35-12-18(33)27-9-10-28-19(34)20-30-17(31-36-20)11-32-15-7-3-2-6-14(15)29-21(32)22(24,25)26/h1-8H,9-12H2,(H,27,33)(H,28,34). The number of fused-ring (bicyclic) bond motifs is 1. The highest BCUT2D eigenvalue weighted by molar-refractivity contribution is 6.32. The third kappa shape index (κ3) is 5.92. The van der Waals surface area contributed by atoms with Gasteiger partial charge in [0.25, 0.3) is 5.91 Å². The Kier molecular flexibility index (Phi) is 7.38. The fourth-order valence-corrected chi connectivity index (χ4v) is 3.40. The minimum absolute atomic E-state index is 0.0265. The summed E-state index contributed by atoms with van der Waals surface area (Å²) in [7, 11) is 0. The molecule has 2 aromatic carbocycles. The van der Waals surface area contributed by atoms with E-state index < -0.39 is 36.3 Å². The van der Waals surface area contributed by atoms with E-state index in [4.69, 9.17) is 20.9 Å². The zero-order chi connectivity index (χ0) is 25.7. The number of imidazole rings is 1. The van der Waals surface area contributed by atoms with Crippen molar-refractivity contribution in [2.45, 2.75) is 12.7 Å². The number of halogens is 4. The van der Waals surface area contributed by atoms with Gasteiger partial charge in [0.05, 0.1) is 22.6 Å². The molecule has 0 aliphatic rings. The van der Waals surface area contributed by atoms with Gasteiger partial charge >= 0.3 is 18.0 Å². The fraction of sp³-hybridized carbons (Fsp3) is 0.227. The first kappa shape index (κ1) is 25.0. The highest BCUT2D eigenvalue weighted by Crippen LogP contribution is 2.31. The number of amides is 2. The monoisotopic (exact) mass is 522 g/mol. The van der Waals surface area contributed by atoms with Crippen LogP contribution in [0.2, 0.25) is 5.02 Å². The van der Waals surface area contributed by atoms with Crippen LogP contribution >= 0.6 is 11.6 Å². The SMILES string of the molecule is O=C(COc1ccccc1Cl)NCCNC(=O)c1nc(Cn2c(C(F)(F)F)nc3ccccc32)no1. The Morgan fingerprint density at radius 1 is 1.03 bits per heavy atom. The van der Waals surface area contributed by atoms with Gasteiger partial charge in [-0.05, 0) is 24.3 Å². The summed E-state index contributed by atoms with van der Waals surface area (Å²) in [5.74, 6) is -2.51. The van der Waals surface area contributed by atoms with E-state index >= 15 is 0 Å². The Labute approximate surface area is 206 Å². The number of aromatic nitrogens is 4. The van der Waals surface area contributed by atoms with Crippen LogP contribution in [0.15, 0.2) is 53.1 Å². The maximum atomic E-state index is 13.4. The van der Waals surface area contributed by atoms with Crippen LogP contribution in [0.1, 0.15) is 22.3 Å². The van der Waals surface area contributed by atoms with E-state index in [0.29, 0.717) is 10.8 Å². The maximum absolute atomic E-state index is 13.4. The highest BCUT2D eigenvalue weighted by atomic mass is 35.5. The van der Waals surface area contributed by atoms with Crippen LogP contribution in [0.4, 0.5) is 13.2 Å². The summed E-state index contributed by atoms with van der Waals surface area (Å²) in [6, 6.07) is 12.8. The topological polar surface area (TPSA) is 124 Å².